The van der Waals surface area contributed by atoms with E-state index < -0.39 is 0 Å². The van der Waals surface area contributed by atoms with Crippen LogP contribution in [0.25, 0.3) is 11.1 Å². The van der Waals surface area contributed by atoms with Crippen molar-refractivity contribution < 1.29 is 5.11 Å². The Morgan fingerprint density at radius 3 is 2.13 bits per heavy atom. The van der Waals surface area contributed by atoms with E-state index in [2.05, 4.69) is 15.9 Å². The number of rotatable bonds is 1. The van der Waals surface area contributed by atoms with Crippen LogP contribution >= 0.6 is 27.5 Å². The van der Waals surface area contributed by atoms with Gasteiger partial charge in [0.15, 0.2) is 0 Å². The SMILES string of the molecule is Oc1cc(-c2ccc(Br)cc2)ccc1Cl. The Kier molecular flexibility index (Phi) is 2.98. The molecule has 0 radical (unpaired) electrons. The highest BCUT2D eigenvalue weighted by Crippen LogP contribution is 2.29. The summed E-state index contributed by atoms with van der Waals surface area (Å²) in [5.41, 5.74) is 1.99. The maximum atomic E-state index is 9.47. The molecule has 1 nitrogen and oxygen atoms in total. The van der Waals surface area contributed by atoms with Gasteiger partial charge in [-0.3, -0.25) is 0 Å². The van der Waals surface area contributed by atoms with Crippen LogP contribution in [0.4, 0.5) is 0 Å². The zero-order valence-electron chi connectivity index (χ0n) is 7.74. The van der Waals surface area contributed by atoms with Crippen LogP contribution < -0.4 is 0 Å². The fourth-order valence-electron chi connectivity index (χ4n) is 1.33. The number of phenolic OH excluding ortho intramolecular Hbond substituents is 1. The molecule has 1 N–H and O–H groups in total. The molecule has 15 heavy (non-hydrogen) atoms. The van der Waals surface area contributed by atoms with Gasteiger partial charge < -0.3 is 5.11 Å². The molecule has 0 fully saturated rings. The zero-order valence-corrected chi connectivity index (χ0v) is 10.1. The van der Waals surface area contributed by atoms with Crippen molar-refractivity contribution in [1.29, 1.82) is 0 Å². The molecule has 0 saturated heterocycles. The minimum absolute atomic E-state index is 0.108. The Hall–Kier alpha value is -0.990. The third-order valence-corrected chi connectivity index (χ3v) is 2.97. The van der Waals surface area contributed by atoms with Gasteiger partial charge in [-0.05, 0) is 35.4 Å². The monoisotopic (exact) mass is 282 g/mol. The van der Waals surface area contributed by atoms with Crippen molar-refractivity contribution in [2.24, 2.45) is 0 Å². The average molecular weight is 284 g/mol. The van der Waals surface area contributed by atoms with Crippen molar-refractivity contribution in [1.82, 2.24) is 0 Å². The molecule has 76 valence electrons. The highest BCUT2D eigenvalue weighted by atomic mass is 79.9. The zero-order chi connectivity index (χ0) is 10.8. The van der Waals surface area contributed by atoms with Gasteiger partial charge in [-0.2, -0.15) is 0 Å². The Labute approximate surface area is 101 Å². The molecule has 3 heteroatoms. The number of aromatic hydroxyl groups is 1. The lowest BCUT2D eigenvalue weighted by Crippen LogP contribution is -1.77. The predicted molar refractivity (Wildman–Crippen MR) is 66.3 cm³/mol. The average Bonchev–Trinajstić information content (AvgIpc) is 2.23. The highest BCUT2D eigenvalue weighted by molar-refractivity contribution is 9.10. The van der Waals surface area contributed by atoms with Crippen molar-refractivity contribution in [3.8, 4) is 16.9 Å². The quantitative estimate of drug-likeness (QED) is 0.818. The lowest BCUT2D eigenvalue weighted by molar-refractivity contribution is 0.476. The molecule has 0 aromatic heterocycles. The molecule has 2 aromatic carbocycles. The van der Waals surface area contributed by atoms with Crippen molar-refractivity contribution in [3.63, 3.8) is 0 Å². The maximum absolute atomic E-state index is 9.47. The van der Waals surface area contributed by atoms with E-state index in [1.165, 1.54) is 0 Å². The molecular weight excluding hydrogens is 275 g/mol. The Balaban J connectivity index is 2.45. The van der Waals surface area contributed by atoms with E-state index in [0.717, 1.165) is 15.6 Å². The van der Waals surface area contributed by atoms with Crippen molar-refractivity contribution in [2.75, 3.05) is 0 Å². The summed E-state index contributed by atoms with van der Waals surface area (Å²) in [7, 11) is 0. The minimum atomic E-state index is 0.108. The third-order valence-electron chi connectivity index (χ3n) is 2.12. The molecule has 0 saturated carbocycles. The number of benzene rings is 2. The number of hydrogen-bond acceptors (Lipinski definition) is 1. The van der Waals surface area contributed by atoms with E-state index in [9.17, 15) is 5.11 Å². The molecule has 2 aromatic rings. The minimum Gasteiger partial charge on any atom is -0.506 e. The smallest absolute Gasteiger partial charge is 0.134 e. The molecule has 0 aliphatic heterocycles. The standard InChI is InChI=1S/C12H8BrClO/c13-10-4-1-8(2-5-10)9-3-6-11(14)12(15)7-9/h1-7,15H. The van der Waals surface area contributed by atoms with Crippen LogP contribution in [0.1, 0.15) is 0 Å². The topological polar surface area (TPSA) is 20.2 Å². The summed E-state index contributed by atoms with van der Waals surface area (Å²) in [5.74, 6) is 0.108. The second-order valence-electron chi connectivity index (χ2n) is 3.17. The van der Waals surface area contributed by atoms with Crippen LogP contribution in [-0.2, 0) is 0 Å². The first-order valence-corrected chi connectivity index (χ1v) is 5.58. The van der Waals surface area contributed by atoms with E-state index in [0.29, 0.717) is 5.02 Å². The third kappa shape index (κ3) is 2.33. The first kappa shape index (κ1) is 10.5. The Morgan fingerprint density at radius 2 is 1.53 bits per heavy atom. The first-order valence-electron chi connectivity index (χ1n) is 4.41. The van der Waals surface area contributed by atoms with E-state index in [1.54, 1.807) is 12.1 Å². The van der Waals surface area contributed by atoms with Crippen molar-refractivity contribution in [2.45, 2.75) is 0 Å². The fraction of sp³-hybridized carbons (Fsp3) is 0. The van der Waals surface area contributed by atoms with Crippen molar-refractivity contribution in [3.05, 3.63) is 52.0 Å². The van der Waals surface area contributed by atoms with Gasteiger partial charge in [0.05, 0.1) is 5.02 Å². The second kappa shape index (κ2) is 4.25. The van der Waals surface area contributed by atoms with Gasteiger partial charge in [0, 0.05) is 4.47 Å². The predicted octanol–water partition coefficient (Wildman–Crippen LogP) is 4.48. The summed E-state index contributed by atoms with van der Waals surface area (Å²) in [6.07, 6.45) is 0. The van der Waals surface area contributed by atoms with Gasteiger partial charge in [-0.15, -0.1) is 0 Å². The fourth-order valence-corrected chi connectivity index (χ4v) is 1.72. The molecule has 0 heterocycles. The first-order chi connectivity index (χ1) is 7.16. The number of phenols is 1. The van der Waals surface area contributed by atoms with Crippen LogP contribution in [-0.4, -0.2) is 5.11 Å². The van der Waals surface area contributed by atoms with E-state index in [1.807, 2.05) is 30.3 Å². The lowest BCUT2D eigenvalue weighted by atomic mass is 10.1. The second-order valence-corrected chi connectivity index (χ2v) is 4.50. The van der Waals surface area contributed by atoms with Gasteiger partial charge in [-0.1, -0.05) is 45.7 Å². The summed E-state index contributed by atoms with van der Waals surface area (Å²) in [4.78, 5) is 0. The largest absolute Gasteiger partial charge is 0.506 e. The molecule has 0 unspecified atom stereocenters. The summed E-state index contributed by atoms with van der Waals surface area (Å²) < 4.78 is 1.03. The molecule has 0 aliphatic rings. The molecule has 2 rings (SSSR count). The van der Waals surface area contributed by atoms with Gasteiger partial charge in [0.2, 0.25) is 0 Å². The normalized spacial score (nSPS) is 10.3. The lowest BCUT2D eigenvalue weighted by Gasteiger charge is -2.03. The van der Waals surface area contributed by atoms with Gasteiger partial charge in [-0.25, -0.2) is 0 Å². The van der Waals surface area contributed by atoms with Gasteiger partial charge >= 0.3 is 0 Å². The van der Waals surface area contributed by atoms with Crippen molar-refractivity contribution >= 4 is 27.5 Å². The summed E-state index contributed by atoms with van der Waals surface area (Å²) in [6.45, 7) is 0. The highest BCUT2D eigenvalue weighted by Gasteiger charge is 2.01. The Bertz CT molecular complexity index is 479. The van der Waals surface area contributed by atoms with Crippen LogP contribution in [0, 0.1) is 0 Å². The van der Waals surface area contributed by atoms with Gasteiger partial charge in [0.25, 0.3) is 0 Å². The number of hydrogen-bond donors (Lipinski definition) is 1. The molecule has 0 amide bonds. The van der Waals surface area contributed by atoms with Crippen LogP contribution in [0.3, 0.4) is 0 Å². The van der Waals surface area contributed by atoms with Crippen LogP contribution in [0.5, 0.6) is 5.75 Å². The number of halogens is 2. The summed E-state index contributed by atoms with van der Waals surface area (Å²) in [6, 6.07) is 13.1. The van der Waals surface area contributed by atoms with E-state index in [4.69, 9.17) is 11.6 Å². The Morgan fingerprint density at radius 1 is 0.933 bits per heavy atom. The van der Waals surface area contributed by atoms with E-state index in [-0.39, 0.29) is 5.75 Å². The maximum Gasteiger partial charge on any atom is 0.134 e. The van der Waals surface area contributed by atoms with Crippen LogP contribution in [0.15, 0.2) is 46.9 Å². The molecule has 0 spiro atoms. The molecule has 0 aliphatic carbocycles. The molecule has 0 atom stereocenters. The van der Waals surface area contributed by atoms with Crippen LogP contribution in [0.2, 0.25) is 5.02 Å². The molecular formula is C12H8BrClO. The summed E-state index contributed by atoms with van der Waals surface area (Å²) in [5, 5.41) is 9.85. The summed E-state index contributed by atoms with van der Waals surface area (Å²) >= 11 is 9.11. The molecule has 0 bridgehead atoms. The van der Waals surface area contributed by atoms with E-state index >= 15 is 0 Å². The van der Waals surface area contributed by atoms with Gasteiger partial charge in [0.1, 0.15) is 5.75 Å².